The largest absolute Gasteiger partial charge is 0.497 e. The fourth-order valence-electron chi connectivity index (χ4n) is 6.40. The predicted octanol–water partition coefficient (Wildman–Crippen LogP) is 6.07. The van der Waals surface area contributed by atoms with Crippen molar-refractivity contribution in [2.24, 2.45) is 11.8 Å². The molecule has 196 valence electrons. The van der Waals surface area contributed by atoms with Gasteiger partial charge in [0.05, 0.1) is 24.6 Å². The van der Waals surface area contributed by atoms with Crippen LogP contribution in [-0.4, -0.2) is 52.3 Å². The minimum Gasteiger partial charge on any atom is -0.497 e. The van der Waals surface area contributed by atoms with E-state index in [0.717, 1.165) is 59.5 Å². The quantitative estimate of drug-likeness (QED) is 0.373. The highest BCUT2D eigenvalue weighted by molar-refractivity contribution is 6.30. The molecule has 2 aromatic carbocycles. The fraction of sp³-hybridized carbons (Fsp3) is 0.467. The van der Waals surface area contributed by atoms with E-state index in [4.69, 9.17) is 16.3 Å². The summed E-state index contributed by atoms with van der Waals surface area (Å²) in [6.45, 7) is 1.50. The standard InChI is InChI=1S/C30H35ClN2O4/c1-37-24-9-10-28-26(17-24)25(12-14-32-28)29(34)11-5-20-13-15-33(18-27(20)30(35)36)23-8-4-21(16-23)19-2-6-22(31)7-3-19/h2-3,6-7,9-10,12,14,17,20-21,23,27,29,34H,4-5,8,11,13,15-16,18H2,1H3,(H,35,36)/t20-,21?,23?,27+,29?/m1/s1. The molecule has 2 N–H and O–H groups in total. The molecule has 2 aliphatic rings. The van der Waals surface area contributed by atoms with Crippen LogP contribution in [0.3, 0.4) is 0 Å². The number of halogens is 1. The molecule has 1 aliphatic carbocycles. The lowest BCUT2D eigenvalue weighted by atomic mass is 9.80. The van der Waals surface area contributed by atoms with E-state index >= 15 is 0 Å². The molecule has 2 heterocycles. The number of carboxylic acid groups (broad SMARTS) is 1. The van der Waals surface area contributed by atoms with Crippen LogP contribution in [0.5, 0.6) is 5.75 Å². The highest BCUT2D eigenvalue weighted by atomic mass is 35.5. The Labute approximate surface area is 223 Å². The number of piperidine rings is 1. The lowest BCUT2D eigenvalue weighted by Gasteiger charge is -2.40. The summed E-state index contributed by atoms with van der Waals surface area (Å²) in [6.07, 6.45) is 6.37. The molecule has 0 spiro atoms. The second kappa shape index (κ2) is 11.4. The van der Waals surface area contributed by atoms with Crippen LogP contribution >= 0.6 is 11.6 Å². The summed E-state index contributed by atoms with van der Waals surface area (Å²) in [5.41, 5.74) is 2.95. The number of aliphatic hydroxyl groups is 1. The summed E-state index contributed by atoms with van der Waals surface area (Å²) in [5.74, 6) is 0.143. The third-order valence-corrected chi connectivity index (χ3v) is 8.77. The van der Waals surface area contributed by atoms with Crippen molar-refractivity contribution in [2.75, 3.05) is 20.2 Å². The first-order chi connectivity index (χ1) is 17.9. The smallest absolute Gasteiger partial charge is 0.308 e. The molecule has 6 nitrogen and oxygen atoms in total. The number of carboxylic acids is 1. The molecular formula is C30H35ClN2O4. The molecule has 3 aromatic rings. The maximum Gasteiger partial charge on any atom is 0.308 e. The second-order valence-electron chi connectivity index (χ2n) is 10.6. The van der Waals surface area contributed by atoms with Crippen LogP contribution < -0.4 is 4.74 Å². The van der Waals surface area contributed by atoms with Gasteiger partial charge in [-0.2, -0.15) is 0 Å². The molecule has 0 amide bonds. The number of nitrogens with zero attached hydrogens (tertiary/aromatic N) is 2. The van der Waals surface area contributed by atoms with Gasteiger partial charge in [-0.3, -0.25) is 14.7 Å². The first-order valence-corrected chi connectivity index (χ1v) is 13.6. The summed E-state index contributed by atoms with van der Waals surface area (Å²) in [4.78, 5) is 19.1. The minimum atomic E-state index is -0.726. The molecule has 37 heavy (non-hydrogen) atoms. The van der Waals surface area contributed by atoms with Gasteiger partial charge in [0, 0.05) is 29.2 Å². The van der Waals surface area contributed by atoms with E-state index in [1.54, 1.807) is 13.3 Å². The number of carbonyl (C=O) groups is 1. The van der Waals surface area contributed by atoms with E-state index in [9.17, 15) is 15.0 Å². The van der Waals surface area contributed by atoms with E-state index in [2.05, 4.69) is 22.0 Å². The number of benzene rings is 2. The minimum absolute atomic E-state index is 0.0551. The molecule has 5 rings (SSSR count). The maximum atomic E-state index is 12.3. The molecule has 5 atom stereocenters. The van der Waals surface area contributed by atoms with Crippen molar-refractivity contribution in [3.8, 4) is 5.75 Å². The number of aliphatic hydroxyl groups excluding tert-OH is 1. The molecule has 1 saturated carbocycles. The summed E-state index contributed by atoms with van der Waals surface area (Å²) < 4.78 is 5.36. The van der Waals surface area contributed by atoms with Gasteiger partial charge < -0.3 is 14.9 Å². The van der Waals surface area contributed by atoms with Gasteiger partial charge in [0.25, 0.3) is 0 Å². The van der Waals surface area contributed by atoms with Crippen LogP contribution in [0.25, 0.3) is 10.9 Å². The highest BCUT2D eigenvalue weighted by Crippen LogP contribution is 2.40. The van der Waals surface area contributed by atoms with Gasteiger partial charge in [-0.15, -0.1) is 0 Å². The zero-order chi connectivity index (χ0) is 25.9. The van der Waals surface area contributed by atoms with Crippen LogP contribution in [-0.2, 0) is 4.79 Å². The number of pyridine rings is 1. The number of aliphatic carboxylic acids is 1. The molecule has 7 heteroatoms. The number of fused-ring (bicyclic) bond motifs is 1. The first kappa shape index (κ1) is 26.0. The molecule has 2 fully saturated rings. The van der Waals surface area contributed by atoms with Gasteiger partial charge >= 0.3 is 5.97 Å². The normalized spacial score (nSPS) is 25.3. The number of methoxy groups -OCH3 is 1. The van der Waals surface area contributed by atoms with Gasteiger partial charge in [0.2, 0.25) is 0 Å². The van der Waals surface area contributed by atoms with Gasteiger partial charge in [-0.05, 0) is 104 Å². The lowest BCUT2D eigenvalue weighted by Crippen LogP contribution is -2.47. The molecule has 0 radical (unpaired) electrons. The monoisotopic (exact) mass is 522 g/mol. The Balaban J connectivity index is 1.21. The number of hydrogen-bond donors (Lipinski definition) is 2. The number of ether oxygens (including phenoxy) is 1. The van der Waals surface area contributed by atoms with Crippen molar-refractivity contribution in [2.45, 2.75) is 56.6 Å². The Morgan fingerprint density at radius 2 is 1.97 bits per heavy atom. The van der Waals surface area contributed by atoms with E-state index in [-0.39, 0.29) is 5.92 Å². The van der Waals surface area contributed by atoms with Crippen molar-refractivity contribution >= 4 is 28.5 Å². The lowest BCUT2D eigenvalue weighted by molar-refractivity contribution is -0.146. The Morgan fingerprint density at radius 3 is 2.73 bits per heavy atom. The number of aromatic nitrogens is 1. The number of hydrogen-bond acceptors (Lipinski definition) is 5. The van der Waals surface area contributed by atoms with E-state index in [1.165, 1.54) is 5.56 Å². The Morgan fingerprint density at radius 1 is 1.16 bits per heavy atom. The van der Waals surface area contributed by atoms with Crippen LogP contribution in [0.4, 0.5) is 0 Å². The average Bonchev–Trinajstić information content (AvgIpc) is 3.41. The van der Waals surface area contributed by atoms with Crippen LogP contribution in [0.2, 0.25) is 5.02 Å². The van der Waals surface area contributed by atoms with Crippen LogP contribution in [0, 0.1) is 11.8 Å². The zero-order valence-electron chi connectivity index (χ0n) is 21.2. The topological polar surface area (TPSA) is 82.9 Å². The van der Waals surface area contributed by atoms with Crippen molar-refractivity contribution < 1.29 is 19.7 Å². The van der Waals surface area contributed by atoms with E-state index in [0.29, 0.717) is 31.3 Å². The van der Waals surface area contributed by atoms with Crippen LogP contribution in [0.15, 0.2) is 54.7 Å². The number of rotatable bonds is 8. The highest BCUT2D eigenvalue weighted by Gasteiger charge is 2.39. The Hall–Kier alpha value is -2.67. The molecule has 1 aromatic heterocycles. The Kier molecular flexibility index (Phi) is 7.98. The molecule has 0 bridgehead atoms. The molecular weight excluding hydrogens is 488 g/mol. The van der Waals surface area contributed by atoms with Crippen LogP contribution in [0.1, 0.15) is 61.7 Å². The van der Waals surface area contributed by atoms with Crippen molar-refractivity contribution in [3.63, 3.8) is 0 Å². The molecule has 3 unspecified atom stereocenters. The van der Waals surface area contributed by atoms with Gasteiger partial charge in [-0.25, -0.2) is 0 Å². The summed E-state index contributed by atoms with van der Waals surface area (Å²) in [5, 5.41) is 22.8. The third kappa shape index (κ3) is 5.77. The average molecular weight is 523 g/mol. The van der Waals surface area contributed by atoms with Crippen molar-refractivity contribution in [1.29, 1.82) is 0 Å². The zero-order valence-corrected chi connectivity index (χ0v) is 22.0. The van der Waals surface area contributed by atoms with Gasteiger partial charge in [0.1, 0.15) is 5.75 Å². The van der Waals surface area contributed by atoms with E-state index < -0.39 is 18.0 Å². The Bertz CT molecular complexity index is 1230. The number of likely N-dealkylation sites (tertiary alicyclic amines) is 1. The maximum absolute atomic E-state index is 12.3. The summed E-state index contributed by atoms with van der Waals surface area (Å²) in [6, 6.07) is 16.1. The van der Waals surface area contributed by atoms with Crippen molar-refractivity contribution in [1.82, 2.24) is 9.88 Å². The summed E-state index contributed by atoms with van der Waals surface area (Å²) >= 11 is 6.06. The molecule has 1 saturated heterocycles. The third-order valence-electron chi connectivity index (χ3n) is 8.52. The first-order valence-electron chi connectivity index (χ1n) is 13.3. The molecule has 1 aliphatic heterocycles. The predicted molar refractivity (Wildman–Crippen MR) is 145 cm³/mol. The summed E-state index contributed by atoms with van der Waals surface area (Å²) in [7, 11) is 1.62. The van der Waals surface area contributed by atoms with Crippen molar-refractivity contribution in [3.05, 3.63) is 70.9 Å². The van der Waals surface area contributed by atoms with Gasteiger partial charge in [0.15, 0.2) is 0 Å². The SMILES string of the molecule is COc1ccc2nccc(C(O)CC[C@@H]3CCN(C4CCC(c5ccc(Cl)cc5)C4)C[C@@H]3C(=O)O)c2c1. The van der Waals surface area contributed by atoms with Gasteiger partial charge in [-0.1, -0.05) is 23.7 Å². The second-order valence-corrected chi connectivity index (χ2v) is 11.0. The van der Waals surface area contributed by atoms with E-state index in [1.807, 2.05) is 36.4 Å². The fourth-order valence-corrected chi connectivity index (χ4v) is 6.53.